The van der Waals surface area contributed by atoms with Gasteiger partial charge in [-0.3, -0.25) is 0 Å². The van der Waals surface area contributed by atoms with Crippen molar-refractivity contribution >= 4 is 71.6 Å². The Kier molecular flexibility index (Phi) is 7.17. The van der Waals surface area contributed by atoms with E-state index in [-0.39, 0.29) is 0 Å². The van der Waals surface area contributed by atoms with E-state index in [9.17, 15) is 0 Å². The lowest BCUT2D eigenvalue weighted by atomic mass is 10.0. The predicted octanol–water partition coefficient (Wildman–Crippen LogP) is 14.6. The van der Waals surface area contributed by atoms with Crippen molar-refractivity contribution in [2.45, 2.75) is 0 Å². The van der Waals surface area contributed by atoms with Crippen LogP contribution in [0.15, 0.2) is 211 Å². The molecule has 0 aliphatic rings. The predicted molar refractivity (Wildman–Crippen MR) is 231 cm³/mol. The van der Waals surface area contributed by atoms with Gasteiger partial charge in [-0.25, -0.2) is 0 Å². The smallest absolute Gasteiger partial charge is 0.136 e. The maximum atomic E-state index is 6.31. The number of benzene rings is 9. The lowest BCUT2D eigenvalue weighted by Crippen LogP contribution is -2.09. The molecule has 0 amide bonds. The SMILES string of the molecule is c1ccc(N(c2ccc(-c3cccc(-n4c5ccccc5c5cc6oc7ccccc7c6cc54)c3)cc2)c2ccc(-c3ccc4ccccc4c3)cc2)cc1. The summed E-state index contributed by atoms with van der Waals surface area (Å²) < 4.78 is 8.70. The van der Waals surface area contributed by atoms with Crippen LogP contribution < -0.4 is 4.90 Å². The fourth-order valence-corrected chi connectivity index (χ4v) is 8.29. The van der Waals surface area contributed by atoms with Crippen LogP contribution in [0.4, 0.5) is 17.1 Å². The number of fused-ring (bicyclic) bond motifs is 7. The first kappa shape index (κ1) is 31.2. The second kappa shape index (κ2) is 12.6. The zero-order valence-electron chi connectivity index (χ0n) is 29.9. The van der Waals surface area contributed by atoms with Crippen molar-refractivity contribution in [2.75, 3.05) is 4.90 Å². The summed E-state index contributed by atoms with van der Waals surface area (Å²) in [5.74, 6) is 0. The minimum absolute atomic E-state index is 0.912. The summed E-state index contributed by atoms with van der Waals surface area (Å²) >= 11 is 0. The highest BCUT2D eigenvalue weighted by molar-refractivity contribution is 6.17. The number of anilines is 3. The highest BCUT2D eigenvalue weighted by Gasteiger charge is 2.17. The molecule has 11 rings (SSSR count). The molecule has 11 aromatic rings. The monoisotopic (exact) mass is 702 g/mol. The van der Waals surface area contributed by atoms with E-state index in [2.05, 4.69) is 204 Å². The first-order valence-electron chi connectivity index (χ1n) is 18.7. The van der Waals surface area contributed by atoms with E-state index in [0.29, 0.717) is 0 Å². The summed E-state index contributed by atoms with van der Waals surface area (Å²) in [5, 5.41) is 7.16. The molecule has 3 heteroatoms. The molecule has 0 spiro atoms. The average Bonchev–Trinajstić information content (AvgIpc) is 3.78. The van der Waals surface area contributed by atoms with Crippen LogP contribution in [-0.2, 0) is 0 Å². The topological polar surface area (TPSA) is 21.3 Å². The third kappa shape index (κ3) is 5.28. The summed E-state index contributed by atoms with van der Waals surface area (Å²) in [4.78, 5) is 2.32. The van der Waals surface area contributed by atoms with Gasteiger partial charge in [-0.1, -0.05) is 127 Å². The molecule has 9 aromatic carbocycles. The van der Waals surface area contributed by atoms with E-state index in [0.717, 1.165) is 61.3 Å². The summed E-state index contributed by atoms with van der Waals surface area (Å²) in [7, 11) is 0. The second-order valence-electron chi connectivity index (χ2n) is 14.2. The Bertz CT molecular complexity index is 3190. The van der Waals surface area contributed by atoms with Gasteiger partial charge in [0.2, 0.25) is 0 Å². The molecule has 0 atom stereocenters. The van der Waals surface area contributed by atoms with Crippen LogP contribution in [0.25, 0.3) is 82.5 Å². The standard InChI is InChI=1S/C52H34N2O/c1-2-14-41(15-3-1)53(43-29-25-37(26-30-43)40-22-21-35-11-4-5-12-38(35)31-40)42-27-23-36(24-28-42)39-13-10-16-44(32-39)54-49-19-8-6-17-45(49)47-34-52-48(33-50(47)54)46-18-7-9-20-51(46)55-52/h1-34H. The van der Waals surface area contributed by atoms with Crippen LogP contribution in [-0.4, -0.2) is 4.57 Å². The Labute approximate surface area is 318 Å². The van der Waals surface area contributed by atoms with Gasteiger partial charge >= 0.3 is 0 Å². The maximum Gasteiger partial charge on any atom is 0.136 e. The first-order valence-corrected chi connectivity index (χ1v) is 18.7. The van der Waals surface area contributed by atoms with Crippen LogP contribution in [0.1, 0.15) is 0 Å². The minimum atomic E-state index is 0.912. The Hall–Kier alpha value is -7.36. The second-order valence-corrected chi connectivity index (χ2v) is 14.2. The number of nitrogens with zero attached hydrogens (tertiary/aromatic N) is 2. The van der Waals surface area contributed by atoms with Crippen molar-refractivity contribution in [1.82, 2.24) is 4.57 Å². The van der Waals surface area contributed by atoms with Gasteiger partial charge in [-0.05, 0) is 112 Å². The number of hydrogen-bond acceptors (Lipinski definition) is 2. The van der Waals surface area contributed by atoms with Crippen molar-refractivity contribution in [3.8, 4) is 27.9 Å². The molecule has 0 fully saturated rings. The van der Waals surface area contributed by atoms with Crippen LogP contribution in [0.5, 0.6) is 0 Å². The summed E-state index contributed by atoms with van der Waals surface area (Å²) in [6.07, 6.45) is 0. The number of rotatable bonds is 6. The maximum absolute atomic E-state index is 6.31. The molecule has 2 heterocycles. The van der Waals surface area contributed by atoms with E-state index in [1.165, 1.54) is 38.2 Å². The molecule has 0 aliphatic carbocycles. The summed E-state index contributed by atoms with van der Waals surface area (Å²) in [6, 6.07) is 74.0. The Morgan fingerprint density at radius 3 is 1.73 bits per heavy atom. The molecule has 0 aliphatic heterocycles. The van der Waals surface area contributed by atoms with Crippen molar-refractivity contribution < 1.29 is 4.42 Å². The van der Waals surface area contributed by atoms with E-state index in [1.807, 2.05) is 12.1 Å². The van der Waals surface area contributed by atoms with Crippen molar-refractivity contribution in [2.24, 2.45) is 0 Å². The van der Waals surface area contributed by atoms with Crippen LogP contribution in [0, 0.1) is 0 Å². The minimum Gasteiger partial charge on any atom is -0.456 e. The lowest BCUT2D eigenvalue weighted by molar-refractivity contribution is 0.669. The van der Waals surface area contributed by atoms with E-state index in [1.54, 1.807) is 0 Å². The van der Waals surface area contributed by atoms with E-state index < -0.39 is 0 Å². The van der Waals surface area contributed by atoms with Crippen molar-refractivity contribution in [1.29, 1.82) is 0 Å². The molecule has 3 nitrogen and oxygen atoms in total. The van der Waals surface area contributed by atoms with Gasteiger partial charge in [-0.2, -0.15) is 0 Å². The van der Waals surface area contributed by atoms with Crippen LogP contribution >= 0.6 is 0 Å². The Morgan fingerprint density at radius 2 is 0.945 bits per heavy atom. The number of hydrogen-bond donors (Lipinski definition) is 0. The van der Waals surface area contributed by atoms with Gasteiger partial charge in [0.1, 0.15) is 11.2 Å². The fourth-order valence-electron chi connectivity index (χ4n) is 8.29. The molecular formula is C52H34N2O. The van der Waals surface area contributed by atoms with Gasteiger partial charge in [0.25, 0.3) is 0 Å². The average molecular weight is 703 g/mol. The summed E-state index contributed by atoms with van der Waals surface area (Å²) in [6.45, 7) is 0. The molecule has 2 aromatic heterocycles. The van der Waals surface area contributed by atoms with Gasteiger partial charge in [0.15, 0.2) is 0 Å². The first-order chi connectivity index (χ1) is 27.2. The zero-order chi connectivity index (χ0) is 36.3. The normalized spacial score (nSPS) is 11.6. The van der Waals surface area contributed by atoms with Crippen molar-refractivity contribution in [3.63, 3.8) is 0 Å². The third-order valence-corrected chi connectivity index (χ3v) is 11.0. The molecule has 0 N–H and O–H groups in total. The quantitative estimate of drug-likeness (QED) is 0.172. The van der Waals surface area contributed by atoms with Crippen LogP contribution in [0.3, 0.4) is 0 Å². The molecule has 0 saturated carbocycles. The number of furan rings is 1. The molecule has 0 radical (unpaired) electrons. The zero-order valence-corrected chi connectivity index (χ0v) is 29.9. The third-order valence-electron chi connectivity index (χ3n) is 11.0. The number of para-hydroxylation sites is 3. The van der Waals surface area contributed by atoms with E-state index in [4.69, 9.17) is 4.42 Å². The fraction of sp³-hybridized carbons (Fsp3) is 0. The Balaban J connectivity index is 0.967. The van der Waals surface area contributed by atoms with Crippen molar-refractivity contribution in [3.05, 3.63) is 206 Å². The molecule has 55 heavy (non-hydrogen) atoms. The van der Waals surface area contributed by atoms with Gasteiger partial charge in [0.05, 0.1) is 11.0 Å². The van der Waals surface area contributed by atoms with E-state index >= 15 is 0 Å². The van der Waals surface area contributed by atoms with Gasteiger partial charge in [0, 0.05) is 44.3 Å². The Morgan fingerprint density at radius 1 is 0.327 bits per heavy atom. The summed E-state index contributed by atoms with van der Waals surface area (Å²) in [5.41, 5.74) is 13.3. The highest BCUT2D eigenvalue weighted by Crippen LogP contribution is 2.40. The lowest BCUT2D eigenvalue weighted by Gasteiger charge is -2.26. The molecule has 0 saturated heterocycles. The number of aromatic nitrogens is 1. The van der Waals surface area contributed by atoms with Gasteiger partial charge in [-0.15, -0.1) is 0 Å². The molecular weight excluding hydrogens is 669 g/mol. The highest BCUT2D eigenvalue weighted by atomic mass is 16.3. The van der Waals surface area contributed by atoms with Gasteiger partial charge < -0.3 is 13.9 Å². The molecule has 258 valence electrons. The van der Waals surface area contributed by atoms with Crippen LogP contribution in [0.2, 0.25) is 0 Å². The molecule has 0 unspecified atom stereocenters. The molecule has 0 bridgehead atoms. The largest absolute Gasteiger partial charge is 0.456 e.